The van der Waals surface area contributed by atoms with Crippen molar-refractivity contribution in [3.05, 3.63) is 33.8 Å². The first-order valence-corrected chi connectivity index (χ1v) is 6.20. The van der Waals surface area contributed by atoms with E-state index in [1.807, 2.05) is 0 Å². The number of hydrogen-bond donors (Lipinski definition) is 0. The number of alkyl halides is 2. The van der Waals surface area contributed by atoms with Crippen LogP contribution >= 0.6 is 47.8 Å². The Labute approximate surface area is 91.8 Å². The molecular formula is C8H7Br3. The van der Waals surface area contributed by atoms with Gasteiger partial charge in [-0.1, -0.05) is 59.9 Å². The van der Waals surface area contributed by atoms with Crippen molar-refractivity contribution in [2.75, 3.05) is 0 Å². The maximum atomic E-state index is 3.50. The third-order valence-corrected chi connectivity index (χ3v) is 3.41. The number of benzene rings is 1. The number of rotatable bonds is 2. The molecule has 0 amide bonds. The molecule has 1 aromatic carbocycles. The molecule has 0 saturated heterocycles. The van der Waals surface area contributed by atoms with Crippen LogP contribution in [0, 0.1) is 0 Å². The van der Waals surface area contributed by atoms with Gasteiger partial charge in [0.1, 0.15) is 0 Å². The molecule has 0 saturated carbocycles. The topological polar surface area (TPSA) is 0 Å². The summed E-state index contributed by atoms with van der Waals surface area (Å²) < 4.78 is 1.17. The molecule has 0 nitrogen and oxygen atoms in total. The van der Waals surface area contributed by atoms with E-state index in [0.717, 1.165) is 10.7 Å². The van der Waals surface area contributed by atoms with E-state index < -0.39 is 0 Å². The van der Waals surface area contributed by atoms with Gasteiger partial charge in [0.2, 0.25) is 0 Å². The molecule has 0 heterocycles. The second-order valence-electron chi connectivity index (χ2n) is 2.19. The molecule has 0 aliphatic heterocycles. The van der Waals surface area contributed by atoms with Gasteiger partial charge in [0.25, 0.3) is 0 Å². The van der Waals surface area contributed by atoms with Crippen LogP contribution in [0.25, 0.3) is 0 Å². The van der Waals surface area contributed by atoms with Gasteiger partial charge in [0, 0.05) is 15.1 Å². The van der Waals surface area contributed by atoms with Crippen molar-refractivity contribution in [2.45, 2.75) is 10.7 Å². The predicted octanol–water partition coefficient (Wildman–Crippen LogP) is 4.24. The van der Waals surface area contributed by atoms with E-state index >= 15 is 0 Å². The molecule has 3 heteroatoms. The maximum Gasteiger partial charge on any atom is 0.0294 e. The van der Waals surface area contributed by atoms with Crippen LogP contribution in [0.15, 0.2) is 22.7 Å². The Hall–Kier alpha value is 0.660. The van der Waals surface area contributed by atoms with Gasteiger partial charge in [-0.25, -0.2) is 0 Å². The van der Waals surface area contributed by atoms with Crippen LogP contribution in [0.4, 0.5) is 0 Å². The Morgan fingerprint density at radius 2 is 1.82 bits per heavy atom. The van der Waals surface area contributed by atoms with Crippen LogP contribution in [0.5, 0.6) is 0 Å². The molecule has 0 unspecified atom stereocenters. The van der Waals surface area contributed by atoms with E-state index in [4.69, 9.17) is 0 Å². The number of halogens is 3. The Bertz CT molecular complexity index is 245. The van der Waals surface area contributed by atoms with Gasteiger partial charge < -0.3 is 0 Å². The molecule has 0 fully saturated rings. The van der Waals surface area contributed by atoms with Gasteiger partial charge in [-0.2, -0.15) is 0 Å². The highest BCUT2D eigenvalue weighted by Crippen LogP contribution is 2.21. The Morgan fingerprint density at radius 3 is 2.27 bits per heavy atom. The van der Waals surface area contributed by atoms with Crippen molar-refractivity contribution in [3.8, 4) is 0 Å². The molecule has 1 rings (SSSR count). The van der Waals surface area contributed by atoms with E-state index in [-0.39, 0.29) is 0 Å². The summed E-state index contributed by atoms with van der Waals surface area (Å²) in [6.07, 6.45) is 0. The zero-order chi connectivity index (χ0) is 8.27. The van der Waals surface area contributed by atoms with E-state index in [0.29, 0.717) is 0 Å². The molecule has 0 bridgehead atoms. The zero-order valence-electron chi connectivity index (χ0n) is 5.78. The minimum absolute atomic E-state index is 0.899. The normalized spacial score (nSPS) is 10.1. The van der Waals surface area contributed by atoms with Crippen LogP contribution < -0.4 is 0 Å². The quantitative estimate of drug-likeness (QED) is 0.556. The minimum atomic E-state index is 0.899. The van der Waals surface area contributed by atoms with Gasteiger partial charge in [0.05, 0.1) is 0 Å². The summed E-state index contributed by atoms with van der Waals surface area (Å²) in [7, 11) is 0. The monoisotopic (exact) mass is 342 g/mol. The van der Waals surface area contributed by atoms with Crippen molar-refractivity contribution < 1.29 is 0 Å². The lowest BCUT2D eigenvalue weighted by Gasteiger charge is -2.01. The standard InChI is InChI=1S/C8H7Br3/c9-4-6-1-2-7(5-10)8(11)3-6/h1-3H,4-5H2/i4+1,5+1. The van der Waals surface area contributed by atoms with Gasteiger partial charge in [-0.3, -0.25) is 0 Å². The lowest BCUT2D eigenvalue weighted by Crippen LogP contribution is -1.82. The first kappa shape index (κ1) is 9.75. The average Bonchev–Trinajstić information content (AvgIpc) is 2.04. The third-order valence-electron chi connectivity index (χ3n) is 1.42. The SMILES string of the molecule is Br[13CH2]c1ccc([13CH2]Br)c(Br)c1. The lowest BCUT2D eigenvalue weighted by atomic mass is 10.2. The van der Waals surface area contributed by atoms with E-state index in [9.17, 15) is 0 Å². The summed E-state index contributed by atoms with van der Waals surface area (Å²) in [5.41, 5.74) is 2.58. The van der Waals surface area contributed by atoms with Crippen molar-refractivity contribution in [1.82, 2.24) is 0 Å². The fourth-order valence-electron chi connectivity index (χ4n) is 0.782. The Balaban J connectivity index is 2.99. The van der Waals surface area contributed by atoms with Gasteiger partial charge in [-0.05, 0) is 17.2 Å². The van der Waals surface area contributed by atoms with Crippen LogP contribution in [-0.2, 0) is 10.7 Å². The van der Waals surface area contributed by atoms with Crippen LogP contribution in [0.1, 0.15) is 11.1 Å². The van der Waals surface area contributed by atoms with Crippen molar-refractivity contribution in [3.63, 3.8) is 0 Å². The molecule has 1 aromatic rings. The fraction of sp³-hybridized carbons (Fsp3) is 0.250. The molecule has 0 aliphatic carbocycles. The maximum absolute atomic E-state index is 3.50. The van der Waals surface area contributed by atoms with E-state index in [1.54, 1.807) is 0 Å². The Morgan fingerprint density at radius 1 is 1.09 bits per heavy atom. The first-order valence-electron chi connectivity index (χ1n) is 3.17. The van der Waals surface area contributed by atoms with Crippen molar-refractivity contribution in [1.29, 1.82) is 0 Å². The summed E-state index contributed by atoms with van der Waals surface area (Å²) >= 11 is 10.3. The molecule has 0 atom stereocenters. The zero-order valence-corrected chi connectivity index (χ0v) is 10.5. The molecule has 0 aromatic heterocycles. The third kappa shape index (κ3) is 2.56. The molecule has 0 spiro atoms. The predicted molar refractivity (Wildman–Crippen MR) is 59.4 cm³/mol. The second-order valence-corrected chi connectivity index (χ2v) is 4.17. The summed E-state index contributed by atoms with van der Waals surface area (Å²) in [5, 5.41) is 1.81. The van der Waals surface area contributed by atoms with Crippen molar-refractivity contribution in [2.24, 2.45) is 0 Å². The first-order chi connectivity index (χ1) is 5.27. The lowest BCUT2D eigenvalue weighted by molar-refractivity contribution is 1.33. The summed E-state index contributed by atoms with van der Waals surface area (Å²) in [6, 6.07) is 6.37. The molecule has 11 heavy (non-hydrogen) atoms. The largest absolute Gasteiger partial charge is 0.0876 e. The van der Waals surface area contributed by atoms with Crippen LogP contribution in [0.2, 0.25) is 0 Å². The van der Waals surface area contributed by atoms with E-state index in [2.05, 4.69) is 66.0 Å². The average molecular weight is 345 g/mol. The number of hydrogen-bond acceptors (Lipinski definition) is 0. The smallest absolute Gasteiger partial charge is 0.0294 e. The van der Waals surface area contributed by atoms with Crippen LogP contribution in [-0.4, -0.2) is 0 Å². The van der Waals surface area contributed by atoms with E-state index in [1.165, 1.54) is 15.6 Å². The molecule has 0 N–H and O–H groups in total. The fourth-order valence-corrected chi connectivity index (χ4v) is 2.56. The highest BCUT2D eigenvalue weighted by Gasteiger charge is 1.98. The summed E-state index contributed by atoms with van der Waals surface area (Å²) in [4.78, 5) is 0. The molecular weight excluding hydrogens is 338 g/mol. The van der Waals surface area contributed by atoms with Gasteiger partial charge in [0.15, 0.2) is 0 Å². The van der Waals surface area contributed by atoms with Crippen molar-refractivity contribution >= 4 is 47.8 Å². The Kier molecular flexibility index (Phi) is 4.10. The van der Waals surface area contributed by atoms with Crippen LogP contribution in [0.3, 0.4) is 0 Å². The summed E-state index contributed by atoms with van der Waals surface area (Å²) in [6.45, 7) is 0. The summed E-state index contributed by atoms with van der Waals surface area (Å²) in [5.74, 6) is 0. The molecule has 60 valence electrons. The van der Waals surface area contributed by atoms with Gasteiger partial charge in [-0.15, -0.1) is 0 Å². The molecule has 0 radical (unpaired) electrons. The highest BCUT2D eigenvalue weighted by molar-refractivity contribution is 9.10. The van der Waals surface area contributed by atoms with Gasteiger partial charge >= 0.3 is 0 Å². The highest BCUT2D eigenvalue weighted by atomic mass is 79.9. The second kappa shape index (κ2) is 4.63. The minimum Gasteiger partial charge on any atom is -0.0876 e. The molecule has 0 aliphatic rings.